The van der Waals surface area contributed by atoms with Crippen molar-refractivity contribution in [2.45, 2.75) is 57.0 Å². The van der Waals surface area contributed by atoms with Crippen LogP contribution >= 0.6 is 0 Å². The Bertz CT molecular complexity index is 1050. The van der Waals surface area contributed by atoms with Crippen molar-refractivity contribution >= 4 is 23.9 Å². The molecule has 11 nitrogen and oxygen atoms in total. The van der Waals surface area contributed by atoms with Gasteiger partial charge in [-0.25, -0.2) is 14.4 Å². The van der Waals surface area contributed by atoms with Gasteiger partial charge in [-0.05, 0) is 44.2 Å². The van der Waals surface area contributed by atoms with Gasteiger partial charge in [-0.3, -0.25) is 4.79 Å². The molecule has 3 N–H and O–H groups in total. The number of nitrogens with one attached hydrogen (secondary N) is 2. The highest BCUT2D eigenvalue weighted by Gasteiger charge is 2.62. The molecular weight excluding hydrogens is 482 g/mol. The molecule has 2 aliphatic rings. The molecule has 2 heterocycles. The Kier molecular flexibility index (Phi) is 8.60. The maximum atomic E-state index is 13.8. The summed E-state index contributed by atoms with van der Waals surface area (Å²) in [5.74, 6) is -3.79. The minimum Gasteiger partial charge on any atom is -0.479 e. The number of carboxylic acid groups (broad SMARTS) is 1. The van der Waals surface area contributed by atoms with Crippen molar-refractivity contribution in [1.82, 2.24) is 15.5 Å². The Morgan fingerprint density at radius 3 is 2.62 bits per heavy atom. The molecule has 11 heteroatoms. The third-order valence-electron chi connectivity index (χ3n) is 6.46. The lowest BCUT2D eigenvalue weighted by atomic mass is 9.86. The smallest absolute Gasteiger partial charge is 0.408 e. The van der Waals surface area contributed by atoms with Gasteiger partial charge in [-0.2, -0.15) is 0 Å². The number of fused-ring (bicyclic) bond motifs is 1. The van der Waals surface area contributed by atoms with Crippen LogP contribution < -0.4 is 10.6 Å². The molecule has 0 radical (unpaired) electrons. The van der Waals surface area contributed by atoms with Crippen molar-refractivity contribution in [2.24, 2.45) is 5.92 Å². The Balaban J connectivity index is 1.96. The van der Waals surface area contributed by atoms with Crippen molar-refractivity contribution in [3.05, 3.63) is 48.0 Å². The number of amides is 2. The van der Waals surface area contributed by atoms with Crippen molar-refractivity contribution in [3.8, 4) is 0 Å². The molecule has 1 aromatic carbocycles. The van der Waals surface area contributed by atoms with E-state index in [2.05, 4.69) is 17.2 Å². The Morgan fingerprint density at radius 1 is 1.30 bits per heavy atom. The first-order valence-corrected chi connectivity index (χ1v) is 12.1. The molecule has 1 aromatic rings. The van der Waals surface area contributed by atoms with Gasteiger partial charge in [0.2, 0.25) is 11.4 Å². The van der Waals surface area contributed by atoms with Gasteiger partial charge in [0.15, 0.2) is 0 Å². The number of nitrogens with zero attached hydrogens (tertiary/aromatic N) is 1. The van der Waals surface area contributed by atoms with Crippen LogP contribution in [-0.2, 0) is 35.1 Å². The second-order valence-corrected chi connectivity index (χ2v) is 10.2. The molecule has 1 saturated heterocycles. The van der Waals surface area contributed by atoms with Gasteiger partial charge < -0.3 is 34.9 Å². The van der Waals surface area contributed by atoms with Crippen LogP contribution in [0, 0.1) is 5.92 Å². The molecule has 3 rings (SSSR count). The fourth-order valence-electron chi connectivity index (χ4n) is 4.93. The summed E-state index contributed by atoms with van der Waals surface area (Å²) in [6.45, 7) is 8.90. The zero-order valence-corrected chi connectivity index (χ0v) is 21.6. The quantitative estimate of drug-likeness (QED) is 0.193. The molecule has 1 fully saturated rings. The highest BCUT2D eigenvalue weighted by Crippen LogP contribution is 2.43. The molecule has 4 unspecified atom stereocenters. The Labute approximate surface area is 216 Å². The van der Waals surface area contributed by atoms with Gasteiger partial charge in [0.1, 0.15) is 11.6 Å². The third-order valence-corrected chi connectivity index (χ3v) is 6.46. The van der Waals surface area contributed by atoms with Crippen molar-refractivity contribution in [1.29, 1.82) is 0 Å². The van der Waals surface area contributed by atoms with Gasteiger partial charge in [0.25, 0.3) is 0 Å². The molecule has 2 aliphatic heterocycles. The molecule has 0 aromatic heterocycles. The lowest BCUT2D eigenvalue weighted by Crippen LogP contribution is -2.63. The molecule has 0 bridgehead atoms. The van der Waals surface area contributed by atoms with Gasteiger partial charge in [0.05, 0.1) is 20.3 Å². The lowest BCUT2D eigenvalue weighted by molar-refractivity contribution is -0.172. The predicted molar refractivity (Wildman–Crippen MR) is 132 cm³/mol. The standard InChI is InChI=1S/C26H35N3O8/c1-6-11-36-15-19(28-24(34)37-25(2,3)4)21(30)29-14-17(12-26(29,22(31)32)23(33)35-5)20-18-10-8-7-9-16(18)13-27-20/h6-10,17,19-20,27H,1,11-15H2,2-5H3,(H,28,34)(H,31,32). The van der Waals surface area contributed by atoms with E-state index >= 15 is 0 Å². The number of methoxy groups -OCH3 is 1. The van der Waals surface area contributed by atoms with Crippen molar-refractivity contribution in [3.63, 3.8) is 0 Å². The number of rotatable bonds is 9. The number of hydrogen-bond acceptors (Lipinski definition) is 8. The first-order chi connectivity index (χ1) is 17.4. The zero-order chi connectivity index (χ0) is 27.4. The SMILES string of the molecule is C=CCOCC(NC(=O)OC(C)(C)C)C(=O)N1CC(C2NCc3ccccc32)CC1(C(=O)O)C(=O)OC. The highest BCUT2D eigenvalue weighted by atomic mass is 16.6. The van der Waals surface area contributed by atoms with Crippen molar-refractivity contribution in [2.75, 3.05) is 26.9 Å². The minimum absolute atomic E-state index is 0.0554. The number of hydrogen-bond donors (Lipinski definition) is 3. The molecular formula is C26H35N3O8. The Hall–Kier alpha value is -3.44. The van der Waals surface area contributed by atoms with Crippen molar-refractivity contribution < 1.29 is 38.5 Å². The Morgan fingerprint density at radius 2 is 2.00 bits per heavy atom. The number of carboxylic acids is 1. The van der Waals surface area contributed by atoms with Gasteiger partial charge in [0, 0.05) is 19.1 Å². The summed E-state index contributed by atoms with van der Waals surface area (Å²) in [6.07, 6.45) is 0.425. The van der Waals surface area contributed by atoms with E-state index in [1.54, 1.807) is 20.8 Å². The van der Waals surface area contributed by atoms with Crippen LogP contribution in [0.25, 0.3) is 0 Å². The topological polar surface area (TPSA) is 144 Å². The highest BCUT2D eigenvalue weighted by molar-refractivity contribution is 6.08. The number of likely N-dealkylation sites (tertiary alicyclic amines) is 1. The largest absolute Gasteiger partial charge is 0.479 e. The number of esters is 1. The third kappa shape index (κ3) is 5.94. The second kappa shape index (κ2) is 11.3. The van der Waals surface area contributed by atoms with E-state index in [-0.39, 0.29) is 32.2 Å². The van der Waals surface area contributed by atoms with Crippen LogP contribution in [0.4, 0.5) is 4.79 Å². The maximum Gasteiger partial charge on any atom is 0.408 e. The first kappa shape index (κ1) is 28.1. The number of carbonyl (C=O) groups excluding carboxylic acids is 3. The van der Waals surface area contributed by atoms with E-state index in [0.717, 1.165) is 23.1 Å². The number of alkyl carbamates (subject to hydrolysis) is 1. The number of benzene rings is 1. The summed E-state index contributed by atoms with van der Waals surface area (Å²) in [5, 5.41) is 16.1. The van der Waals surface area contributed by atoms with Gasteiger partial charge >= 0.3 is 18.0 Å². The van der Waals surface area contributed by atoms with Crippen LogP contribution in [0.1, 0.15) is 44.4 Å². The predicted octanol–water partition coefficient (Wildman–Crippen LogP) is 1.77. The molecule has 0 spiro atoms. The van der Waals surface area contributed by atoms with E-state index < -0.39 is 47.0 Å². The minimum atomic E-state index is -2.28. The average Bonchev–Trinajstić information content (AvgIpc) is 3.44. The van der Waals surface area contributed by atoms with E-state index in [1.807, 2.05) is 24.3 Å². The van der Waals surface area contributed by atoms with Crippen LogP contribution in [0.5, 0.6) is 0 Å². The summed E-state index contributed by atoms with van der Waals surface area (Å²) in [4.78, 5) is 53.0. The second-order valence-electron chi connectivity index (χ2n) is 10.2. The zero-order valence-electron chi connectivity index (χ0n) is 21.6. The van der Waals surface area contributed by atoms with E-state index in [9.17, 15) is 24.3 Å². The summed E-state index contributed by atoms with van der Waals surface area (Å²) < 4.78 is 15.6. The number of aliphatic carboxylic acids is 1. The summed E-state index contributed by atoms with van der Waals surface area (Å²) >= 11 is 0. The summed E-state index contributed by atoms with van der Waals surface area (Å²) in [5.41, 5.74) is -1.05. The summed E-state index contributed by atoms with van der Waals surface area (Å²) in [7, 11) is 1.08. The molecule has 202 valence electrons. The molecule has 2 amide bonds. The molecule has 4 atom stereocenters. The molecule has 0 saturated carbocycles. The van der Waals surface area contributed by atoms with E-state index in [4.69, 9.17) is 14.2 Å². The fraction of sp³-hybridized carbons (Fsp3) is 0.538. The first-order valence-electron chi connectivity index (χ1n) is 12.1. The monoisotopic (exact) mass is 517 g/mol. The molecule has 37 heavy (non-hydrogen) atoms. The van der Waals surface area contributed by atoms with Gasteiger partial charge in [-0.1, -0.05) is 30.3 Å². The van der Waals surface area contributed by atoms with E-state index in [0.29, 0.717) is 6.54 Å². The number of ether oxygens (including phenoxy) is 3. The molecule has 0 aliphatic carbocycles. The van der Waals surface area contributed by atoms with Crippen LogP contribution in [0.15, 0.2) is 36.9 Å². The van der Waals surface area contributed by atoms with E-state index in [1.165, 1.54) is 6.08 Å². The maximum absolute atomic E-state index is 13.8. The summed E-state index contributed by atoms with van der Waals surface area (Å²) in [6, 6.07) is 6.13. The lowest BCUT2D eigenvalue weighted by Gasteiger charge is -2.34. The fourth-order valence-corrected chi connectivity index (χ4v) is 4.93. The normalized spacial score (nSPS) is 23.6. The van der Waals surface area contributed by atoms with Crippen LogP contribution in [0.3, 0.4) is 0 Å². The van der Waals surface area contributed by atoms with Gasteiger partial charge in [-0.15, -0.1) is 6.58 Å². The number of carbonyl (C=O) groups is 4. The van der Waals surface area contributed by atoms with Crippen LogP contribution in [-0.4, -0.2) is 78.0 Å². The average molecular weight is 518 g/mol. The van der Waals surface area contributed by atoms with Crippen LogP contribution in [0.2, 0.25) is 0 Å².